The number of hydrogen-bond acceptors (Lipinski definition) is 0. The average molecular weight is 172 g/mol. The van der Waals surface area contributed by atoms with E-state index in [9.17, 15) is 0 Å². The van der Waals surface area contributed by atoms with Gasteiger partial charge >= 0.3 is 0 Å². The lowest BCUT2D eigenvalue weighted by Gasteiger charge is -1.95. The highest BCUT2D eigenvalue weighted by Gasteiger charge is 1.99. The fraction of sp³-hybridized carbons (Fsp3) is 0.0909. The van der Waals surface area contributed by atoms with Gasteiger partial charge < -0.3 is 0 Å². The van der Waals surface area contributed by atoms with Crippen LogP contribution >= 0.6 is 0 Å². The Bertz CT molecular complexity index is 379. The van der Waals surface area contributed by atoms with Crippen LogP contribution in [0.2, 0.25) is 0 Å². The van der Waals surface area contributed by atoms with Crippen molar-refractivity contribution >= 4 is 0 Å². The highest BCUT2D eigenvalue weighted by molar-refractivity contribution is 5.60. The molecule has 64 valence electrons. The number of nitrogens with zero attached hydrogens (tertiary/aromatic N) is 1. The Balaban J connectivity index is 2.42. The summed E-state index contributed by atoms with van der Waals surface area (Å²) in [5.74, 6) is 0. The molecule has 0 aromatic carbocycles. The molecule has 2 rings (SSSR count). The first-order chi connectivity index (χ1) is 6.36. The van der Waals surface area contributed by atoms with Crippen molar-refractivity contribution in [3.05, 3.63) is 49.1 Å². The minimum absolute atomic E-state index is 1.24. The quantitative estimate of drug-likeness (QED) is 0.571. The lowest BCUT2D eigenvalue weighted by molar-refractivity contribution is -0.671. The van der Waals surface area contributed by atoms with E-state index in [2.05, 4.69) is 29.2 Å². The molecule has 0 bridgehead atoms. The maximum atomic E-state index is 3.01. The van der Waals surface area contributed by atoms with E-state index in [4.69, 9.17) is 0 Å². The third-order valence-electron chi connectivity index (χ3n) is 2.03. The first-order valence-electron chi connectivity index (χ1n) is 4.28. The molecule has 0 radical (unpaired) electrons. The van der Waals surface area contributed by atoms with E-state index in [-0.39, 0.29) is 0 Å². The highest BCUT2D eigenvalue weighted by atomic mass is 14.9. The molecule has 0 saturated heterocycles. The lowest BCUT2D eigenvalue weighted by atomic mass is 10.1. The third-order valence-corrected chi connectivity index (χ3v) is 2.03. The number of H-pyrrole nitrogens is 1. The van der Waals surface area contributed by atoms with Crippen molar-refractivity contribution in [2.24, 2.45) is 7.05 Å². The van der Waals surface area contributed by atoms with Gasteiger partial charge in [0.2, 0.25) is 0 Å². The molecule has 2 aromatic rings. The second-order valence-electron chi connectivity index (χ2n) is 3.04. The standard InChI is InChI=1S/C11H11N2/c1-13-8-4-11(5-9-13)10-2-6-12-7-3-10/h2-9H,1H3/q+1/p+1. The Kier molecular flexibility index (Phi) is 2.04. The molecule has 0 amide bonds. The SMILES string of the molecule is C[n+]1ccc(-c2cc[nH+]cc2)cc1. The van der Waals surface area contributed by atoms with Crippen LogP contribution in [0.4, 0.5) is 0 Å². The van der Waals surface area contributed by atoms with E-state index in [0.29, 0.717) is 0 Å². The van der Waals surface area contributed by atoms with Crippen LogP contribution in [0.1, 0.15) is 0 Å². The van der Waals surface area contributed by atoms with E-state index >= 15 is 0 Å². The summed E-state index contributed by atoms with van der Waals surface area (Å²) in [6.07, 6.45) is 7.96. The van der Waals surface area contributed by atoms with Gasteiger partial charge in [0.25, 0.3) is 0 Å². The van der Waals surface area contributed by atoms with Gasteiger partial charge in [-0.25, -0.2) is 9.55 Å². The smallest absolute Gasteiger partial charge is 0.169 e. The lowest BCUT2D eigenvalue weighted by Crippen LogP contribution is -2.25. The summed E-state index contributed by atoms with van der Waals surface area (Å²) in [4.78, 5) is 3.01. The van der Waals surface area contributed by atoms with E-state index < -0.39 is 0 Å². The maximum absolute atomic E-state index is 3.01. The van der Waals surface area contributed by atoms with E-state index in [1.807, 2.05) is 36.4 Å². The molecule has 2 heterocycles. The molecule has 2 heteroatoms. The zero-order valence-corrected chi connectivity index (χ0v) is 7.57. The molecule has 2 aromatic heterocycles. The average Bonchev–Trinajstić information content (AvgIpc) is 2.20. The summed E-state index contributed by atoms with van der Waals surface area (Å²) in [5.41, 5.74) is 2.48. The third kappa shape index (κ3) is 1.72. The van der Waals surface area contributed by atoms with Crippen molar-refractivity contribution in [1.82, 2.24) is 0 Å². The predicted octanol–water partition coefficient (Wildman–Crippen LogP) is 0.992. The molecule has 0 unspecified atom stereocenters. The first kappa shape index (κ1) is 7.92. The van der Waals surface area contributed by atoms with E-state index in [0.717, 1.165) is 0 Å². The number of aromatic amines is 1. The monoisotopic (exact) mass is 172 g/mol. The van der Waals surface area contributed by atoms with E-state index in [1.165, 1.54) is 11.1 Å². The molecular formula is C11H12N2+2. The Morgan fingerprint density at radius 1 is 0.923 bits per heavy atom. The summed E-state index contributed by atoms with van der Waals surface area (Å²) >= 11 is 0. The Morgan fingerprint density at radius 3 is 2.08 bits per heavy atom. The van der Waals surface area contributed by atoms with Gasteiger partial charge in [-0.15, -0.1) is 0 Å². The maximum Gasteiger partial charge on any atom is 0.169 e. The summed E-state index contributed by atoms with van der Waals surface area (Å²) in [5, 5.41) is 0. The van der Waals surface area contributed by atoms with Crippen molar-refractivity contribution in [2.75, 3.05) is 0 Å². The minimum Gasteiger partial charge on any atom is -0.218 e. The van der Waals surface area contributed by atoms with Gasteiger partial charge in [-0.2, -0.15) is 0 Å². The van der Waals surface area contributed by atoms with Gasteiger partial charge in [-0.1, -0.05) is 0 Å². The summed E-state index contributed by atoms with van der Waals surface area (Å²) in [6, 6.07) is 8.34. The molecule has 2 nitrogen and oxygen atoms in total. The van der Waals surface area contributed by atoms with Crippen molar-refractivity contribution in [1.29, 1.82) is 0 Å². The fourth-order valence-electron chi connectivity index (χ4n) is 1.27. The molecule has 0 atom stereocenters. The molecule has 0 fully saturated rings. The fourth-order valence-corrected chi connectivity index (χ4v) is 1.27. The molecular weight excluding hydrogens is 160 g/mol. The van der Waals surface area contributed by atoms with Crippen LogP contribution in [0.5, 0.6) is 0 Å². The van der Waals surface area contributed by atoms with E-state index in [1.54, 1.807) is 0 Å². The van der Waals surface area contributed by atoms with Crippen LogP contribution in [0.15, 0.2) is 49.1 Å². The van der Waals surface area contributed by atoms with Crippen molar-refractivity contribution in [2.45, 2.75) is 0 Å². The molecule has 1 N–H and O–H groups in total. The summed E-state index contributed by atoms with van der Waals surface area (Å²) in [6.45, 7) is 0. The molecule has 0 aliphatic carbocycles. The number of rotatable bonds is 1. The van der Waals surface area contributed by atoms with Crippen molar-refractivity contribution < 1.29 is 9.55 Å². The summed E-state index contributed by atoms with van der Waals surface area (Å²) in [7, 11) is 2.02. The van der Waals surface area contributed by atoms with Gasteiger partial charge in [-0.05, 0) is 11.1 Å². The molecule has 0 spiro atoms. The topological polar surface area (TPSA) is 18.0 Å². The van der Waals surface area contributed by atoms with Gasteiger partial charge in [0.1, 0.15) is 7.05 Å². The number of pyridine rings is 2. The molecule has 0 aliphatic heterocycles. The second kappa shape index (κ2) is 3.35. The Morgan fingerprint density at radius 2 is 1.46 bits per heavy atom. The van der Waals surface area contributed by atoms with Gasteiger partial charge in [0, 0.05) is 24.3 Å². The highest BCUT2D eigenvalue weighted by Crippen LogP contribution is 2.14. The zero-order valence-electron chi connectivity index (χ0n) is 7.57. The Labute approximate surface area is 77.5 Å². The molecule has 0 saturated carbocycles. The number of aromatic nitrogens is 2. The molecule has 13 heavy (non-hydrogen) atoms. The van der Waals surface area contributed by atoms with Crippen LogP contribution in [-0.4, -0.2) is 0 Å². The van der Waals surface area contributed by atoms with Crippen LogP contribution in [-0.2, 0) is 7.05 Å². The zero-order chi connectivity index (χ0) is 9.10. The van der Waals surface area contributed by atoms with Crippen LogP contribution < -0.4 is 9.55 Å². The second-order valence-corrected chi connectivity index (χ2v) is 3.04. The van der Waals surface area contributed by atoms with Crippen molar-refractivity contribution in [3.63, 3.8) is 0 Å². The first-order valence-corrected chi connectivity index (χ1v) is 4.28. The number of aryl methyl sites for hydroxylation is 1. The van der Waals surface area contributed by atoms with Gasteiger partial charge in [0.15, 0.2) is 24.8 Å². The van der Waals surface area contributed by atoms with Gasteiger partial charge in [0.05, 0.1) is 0 Å². The number of nitrogens with one attached hydrogen (secondary N) is 1. The van der Waals surface area contributed by atoms with Crippen LogP contribution in [0.25, 0.3) is 11.1 Å². The van der Waals surface area contributed by atoms with Crippen molar-refractivity contribution in [3.8, 4) is 11.1 Å². The normalized spacial score (nSPS) is 9.92. The largest absolute Gasteiger partial charge is 0.218 e. The molecule has 0 aliphatic rings. The van der Waals surface area contributed by atoms with Gasteiger partial charge in [-0.3, -0.25) is 0 Å². The Hall–Kier alpha value is -1.70. The van der Waals surface area contributed by atoms with Crippen LogP contribution in [0, 0.1) is 0 Å². The van der Waals surface area contributed by atoms with Crippen LogP contribution in [0.3, 0.4) is 0 Å². The number of hydrogen-bond donors (Lipinski definition) is 0. The summed E-state index contributed by atoms with van der Waals surface area (Å²) < 4.78 is 2.03. The predicted molar refractivity (Wildman–Crippen MR) is 49.6 cm³/mol. The minimum atomic E-state index is 1.24.